The SMILES string of the molecule is CCOC(=O)c1cnc2ccccc2c1N1CCCC(c2nnc3ccccn23)C1. The number of ether oxygens (including phenoxy) is 1. The van der Waals surface area contributed by atoms with Crippen LogP contribution in [0.25, 0.3) is 16.6 Å². The minimum atomic E-state index is -0.333. The van der Waals surface area contributed by atoms with Crippen molar-refractivity contribution in [2.75, 3.05) is 24.6 Å². The third-order valence-corrected chi connectivity index (χ3v) is 5.69. The van der Waals surface area contributed by atoms with Crippen molar-refractivity contribution in [2.24, 2.45) is 0 Å². The van der Waals surface area contributed by atoms with Gasteiger partial charge in [0.05, 0.1) is 17.8 Å². The van der Waals surface area contributed by atoms with Gasteiger partial charge in [-0.25, -0.2) is 4.79 Å². The minimum Gasteiger partial charge on any atom is -0.462 e. The van der Waals surface area contributed by atoms with Crippen LogP contribution in [-0.2, 0) is 4.74 Å². The summed E-state index contributed by atoms with van der Waals surface area (Å²) in [4.78, 5) is 19.5. The van der Waals surface area contributed by atoms with Crippen molar-refractivity contribution in [2.45, 2.75) is 25.7 Å². The van der Waals surface area contributed by atoms with E-state index in [-0.39, 0.29) is 11.9 Å². The molecule has 4 heterocycles. The molecule has 4 aromatic rings. The monoisotopic (exact) mass is 401 g/mol. The molecular weight excluding hydrogens is 378 g/mol. The highest BCUT2D eigenvalue weighted by Crippen LogP contribution is 2.35. The quantitative estimate of drug-likeness (QED) is 0.484. The van der Waals surface area contributed by atoms with Crippen LogP contribution in [0.2, 0.25) is 0 Å². The fourth-order valence-corrected chi connectivity index (χ4v) is 4.35. The maximum Gasteiger partial charge on any atom is 0.341 e. The van der Waals surface area contributed by atoms with Crippen LogP contribution in [0, 0.1) is 0 Å². The lowest BCUT2D eigenvalue weighted by Gasteiger charge is -2.35. The zero-order chi connectivity index (χ0) is 20.5. The van der Waals surface area contributed by atoms with Crippen molar-refractivity contribution in [3.8, 4) is 0 Å². The van der Waals surface area contributed by atoms with E-state index in [2.05, 4.69) is 24.5 Å². The molecule has 7 nitrogen and oxygen atoms in total. The molecule has 1 aliphatic heterocycles. The van der Waals surface area contributed by atoms with Crippen molar-refractivity contribution in [1.29, 1.82) is 0 Å². The largest absolute Gasteiger partial charge is 0.462 e. The van der Waals surface area contributed by atoms with Gasteiger partial charge >= 0.3 is 5.97 Å². The van der Waals surface area contributed by atoms with Crippen LogP contribution in [-0.4, -0.2) is 45.2 Å². The van der Waals surface area contributed by atoms with Crippen LogP contribution >= 0.6 is 0 Å². The number of esters is 1. The highest BCUT2D eigenvalue weighted by molar-refractivity contribution is 6.05. The number of fused-ring (bicyclic) bond motifs is 2. The molecule has 5 rings (SSSR count). The van der Waals surface area contributed by atoms with E-state index in [1.165, 1.54) is 0 Å². The van der Waals surface area contributed by atoms with Crippen LogP contribution in [0.15, 0.2) is 54.9 Å². The van der Waals surface area contributed by atoms with Crippen molar-refractivity contribution in [1.82, 2.24) is 19.6 Å². The summed E-state index contributed by atoms with van der Waals surface area (Å²) in [6.07, 6.45) is 5.69. The van der Waals surface area contributed by atoms with Gasteiger partial charge in [0.1, 0.15) is 11.4 Å². The second kappa shape index (κ2) is 7.74. The second-order valence-corrected chi connectivity index (χ2v) is 7.53. The molecule has 0 bridgehead atoms. The van der Waals surface area contributed by atoms with E-state index in [1.807, 2.05) is 55.6 Å². The van der Waals surface area contributed by atoms with Crippen molar-refractivity contribution >= 4 is 28.2 Å². The van der Waals surface area contributed by atoms with E-state index in [1.54, 1.807) is 6.20 Å². The molecule has 0 radical (unpaired) electrons. The summed E-state index contributed by atoms with van der Waals surface area (Å²) in [6, 6.07) is 13.9. The molecule has 1 unspecified atom stereocenters. The van der Waals surface area contributed by atoms with Gasteiger partial charge in [-0.2, -0.15) is 0 Å². The Balaban J connectivity index is 1.57. The Morgan fingerprint density at radius 3 is 2.93 bits per heavy atom. The molecule has 0 aliphatic carbocycles. The fourth-order valence-electron chi connectivity index (χ4n) is 4.35. The predicted molar refractivity (Wildman–Crippen MR) is 115 cm³/mol. The zero-order valence-electron chi connectivity index (χ0n) is 16.9. The van der Waals surface area contributed by atoms with Gasteiger partial charge in [-0.15, -0.1) is 10.2 Å². The van der Waals surface area contributed by atoms with Gasteiger partial charge in [0, 0.05) is 36.8 Å². The number of pyridine rings is 2. The van der Waals surface area contributed by atoms with E-state index in [9.17, 15) is 4.79 Å². The number of piperidine rings is 1. The van der Waals surface area contributed by atoms with Crippen LogP contribution in [0.4, 0.5) is 5.69 Å². The molecule has 0 N–H and O–H groups in total. The van der Waals surface area contributed by atoms with Gasteiger partial charge in [-0.1, -0.05) is 24.3 Å². The van der Waals surface area contributed by atoms with Crippen molar-refractivity contribution in [3.05, 3.63) is 66.2 Å². The number of hydrogen-bond acceptors (Lipinski definition) is 6. The summed E-state index contributed by atoms with van der Waals surface area (Å²) in [5.74, 6) is 0.852. The third kappa shape index (κ3) is 3.16. The Kier molecular flexibility index (Phi) is 4.78. The molecule has 1 fully saturated rings. The van der Waals surface area contributed by atoms with Gasteiger partial charge in [0.2, 0.25) is 0 Å². The van der Waals surface area contributed by atoms with Gasteiger partial charge in [0.25, 0.3) is 0 Å². The summed E-state index contributed by atoms with van der Waals surface area (Å²) in [6.45, 7) is 3.78. The Morgan fingerprint density at radius 2 is 2.03 bits per heavy atom. The number of hydrogen-bond donors (Lipinski definition) is 0. The van der Waals surface area contributed by atoms with Gasteiger partial charge < -0.3 is 9.64 Å². The molecule has 3 aromatic heterocycles. The first kappa shape index (κ1) is 18.5. The van der Waals surface area contributed by atoms with Crippen LogP contribution in [0.5, 0.6) is 0 Å². The van der Waals surface area contributed by atoms with Crippen LogP contribution in [0.3, 0.4) is 0 Å². The summed E-state index contributed by atoms with van der Waals surface area (Å²) in [5.41, 5.74) is 3.14. The first-order valence-electron chi connectivity index (χ1n) is 10.4. The summed E-state index contributed by atoms with van der Waals surface area (Å²) < 4.78 is 7.39. The maximum atomic E-state index is 12.7. The number of para-hydroxylation sites is 1. The lowest BCUT2D eigenvalue weighted by Crippen LogP contribution is -2.36. The van der Waals surface area contributed by atoms with E-state index in [0.717, 1.165) is 54.0 Å². The summed E-state index contributed by atoms with van der Waals surface area (Å²) in [7, 11) is 0. The zero-order valence-corrected chi connectivity index (χ0v) is 16.9. The summed E-state index contributed by atoms with van der Waals surface area (Å²) >= 11 is 0. The average molecular weight is 401 g/mol. The van der Waals surface area contributed by atoms with Gasteiger partial charge in [-0.3, -0.25) is 9.38 Å². The number of anilines is 1. The predicted octanol–water partition coefficient (Wildman–Crippen LogP) is 3.84. The molecule has 7 heteroatoms. The third-order valence-electron chi connectivity index (χ3n) is 5.69. The number of carbonyl (C=O) groups is 1. The molecule has 152 valence electrons. The Labute approximate surface area is 174 Å². The topological polar surface area (TPSA) is 72.6 Å². The van der Waals surface area contributed by atoms with E-state index >= 15 is 0 Å². The number of rotatable bonds is 4. The van der Waals surface area contributed by atoms with E-state index in [4.69, 9.17) is 4.74 Å². The molecule has 1 aromatic carbocycles. The van der Waals surface area contributed by atoms with Crippen molar-refractivity contribution in [3.63, 3.8) is 0 Å². The number of carbonyl (C=O) groups excluding carboxylic acids is 1. The molecule has 0 spiro atoms. The second-order valence-electron chi connectivity index (χ2n) is 7.53. The van der Waals surface area contributed by atoms with E-state index in [0.29, 0.717) is 12.2 Å². The summed E-state index contributed by atoms with van der Waals surface area (Å²) in [5, 5.41) is 9.77. The normalized spacial score (nSPS) is 16.8. The Hall–Kier alpha value is -3.48. The Bertz CT molecular complexity index is 1220. The maximum absolute atomic E-state index is 12.7. The highest BCUT2D eigenvalue weighted by atomic mass is 16.5. The highest BCUT2D eigenvalue weighted by Gasteiger charge is 2.29. The lowest BCUT2D eigenvalue weighted by atomic mass is 9.95. The standard InChI is InChI=1S/C23H23N5O2/c1-2-30-23(29)18-14-24-19-10-4-3-9-17(19)21(18)27-12-7-8-16(15-27)22-26-25-20-11-5-6-13-28(20)22/h3-6,9-11,13-14,16H,2,7-8,12,15H2,1H3. The first-order chi connectivity index (χ1) is 14.8. The molecule has 1 saturated heterocycles. The molecule has 30 heavy (non-hydrogen) atoms. The molecule has 0 saturated carbocycles. The number of benzene rings is 1. The minimum absolute atomic E-state index is 0.220. The first-order valence-corrected chi connectivity index (χ1v) is 10.4. The molecule has 1 atom stereocenters. The molecule has 0 amide bonds. The fraction of sp³-hybridized carbons (Fsp3) is 0.304. The Morgan fingerprint density at radius 1 is 1.17 bits per heavy atom. The van der Waals surface area contributed by atoms with Gasteiger partial charge in [0.15, 0.2) is 5.65 Å². The number of aromatic nitrogens is 4. The lowest BCUT2D eigenvalue weighted by molar-refractivity contribution is 0.0526. The van der Waals surface area contributed by atoms with Crippen LogP contribution in [0.1, 0.15) is 41.9 Å². The number of nitrogens with zero attached hydrogens (tertiary/aromatic N) is 5. The molecular formula is C23H23N5O2. The van der Waals surface area contributed by atoms with Crippen molar-refractivity contribution < 1.29 is 9.53 Å². The van der Waals surface area contributed by atoms with E-state index < -0.39 is 0 Å². The van der Waals surface area contributed by atoms with Gasteiger partial charge in [-0.05, 0) is 38.0 Å². The molecule has 1 aliphatic rings. The smallest absolute Gasteiger partial charge is 0.341 e. The van der Waals surface area contributed by atoms with Crippen LogP contribution < -0.4 is 4.90 Å². The average Bonchev–Trinajstić information content (AvgIpc) is 3.23.